The highest BCUT2D eigenvalue weighted by atomic mass is 35.5. The largest absolute Gasteiger partial charge is 0.336 e. The van der Waals surface area contributed by atoms with Crippen molar-refractivity contribution in [1.29, 1.82) is 0 Å². The van der Waals surface area contributed by atoms with Gasteiger partial charge >= 0.3 is 0 Å². The number of aryl methyl sites for hydroxylation is 1. The minimum atomic E-state index is 0. The number of rotatable bonds is 1. The molecule has 0 bridgehead atoms. The van der Waals surface area contributed by atoms with Gasteiger partial charge in [0.05, 0.1) is 10.6 Å². The molecule has 2 rings (SSSR count). The number of nitrogens with zero attached hydrogens (tertiary/aromatic N) is 1. The monoisotopic (exact) mass is 288 g/mol. The molecule has 0 unspecified atom stereocenters. The van der Waals surface area contributed by atoms with E-state index in [0.29, 0.717) is 16.6 Å². The molecule has 1 atom stereocenters. The second kappa shape index (κ2) is 6.41. The molecule has 1 aliphatic heterocycles. The summed E-state index contributed by atoms with van der Waals surface area (Å²) in [6.07, 6.45) is 0. The standard InChI is InChI=1S/C13H17ClN2O.ClH/c1-9-3-4-11(12(14)7-9)13(17)16-6-5-15-10(2)8-16;/h3-4,7,10,15H,5-6,8H2,1-2H3;1H/t10-;/m0./s1. The summed E-state index contributed by atoms with van der Waals surface area (Å²) in [5.74, 6) is 0.0309. The summed E-state index contributed by atoms with van der Waals surface area (Å²) in [6, 6.07) is 5.91. The Morgan fingerprint density at radius 1 is 1.50 bits per heavy atom. The Bertz CT molecular complexity index is 437. The SMILES string of the molecule is Cc1ccc(C(=O)N2CCN[C@@H](C)C2)c(Cl)c1.Cl. The minimum Gasteiger partial charge on any atom is -0.336 e. The Hall–Kier alpha value is -0.770. The second-order valence-corrected chi connectivity index (χ2v) is 5.00. The number of benzene rings is 1. The topological polar surface area (TPSA) is 32.3 Å². The van der Waals surface area contributed by atoms with Crippen LogP contribution in [0.15, 0.2) is 18.2 Å². The van der Waals surface area contributed by atoms with Gasteiger partial charge in [0.15, 0.2) is 0 Å². The van der Waals surface area contributed by atoms with Gasteiger partial charge in [0.25, 0.3) is 5.91 Å². The molecule has 18 heavy (non-hydrogen) atoms. The summed E-state index contributed by atoms with van der Waals surface area (Å²) in [4.78, 5) is 14.1. The highest BCUT2D eigenvalue weighted by molar-refractivity contribution is 6.33. The van der Waals surface area contributed by atoms with Crippen LogP contribution in [-0.2, 0) is 0 Å². The first kappa shape index (κ1) is 15.3. The van der Waals surface area contributed by atoms with E-state index in [-0.39, 0.29) is 18.3 Å². The number of hydrogen-bond acceptors (Lipinski definition) is 2. The molecule has 1 aromatic carbocycles. The summed E-state index contributed by atoms with van der Waals surface area (Å²) in [6.45, 7) is 6.37. The number of carbonyl (C=O) groups is 1. The first-order valence-electron chi connectivity index (χ1n) is 5.87. The third-order valence-corrected chi connectivity index (χ3v) is 3.32. The zero-order valence-corrected chi connectivity index (χ0v) is 12.1. The number of halogens is 2. The average Bonchev–Trinajstić information content (AvgIpc) is 2.28. The molecule has 0 aromatic heterocycles. The van der Waals surface area contributed by atoms with Crippen molar-refractivity contribution in [3.63, 3.8) is 0 Å². The predicted molar refractivity (Wildman–Crippen MR) is 76.8 cm³/mol. The van der Waals surface area contributed by atoms with E-state index in [0.717, 1.165) is 25.2 Å². The first-order chi connectivity index (χ1) is 8.08. The molecule has 1 amide bonds. The van der Waals surface area contributed by atoms with Gasteiger partial charge in [0.2, 0.25) is 0 Å². The van der Waals surface area contributed by atoms with E-state index in [9.17, 15) is 4.79 Å². The lowest BCUT2D eigenvalue weighted by Crippen LogP contribution is -2.51. The van der Waals surface area contributed by atoms with Crippen LogP contribution < -0.4 is 5.32 Å². The third-order valence-electron chi connectivity index (χ3n) is 3.01. The number of hydrogen-bond donors (Lipinski definition) is 1. The van der Waals surface area contributed by atoms with Gasteiger partial charge in [-0.05, 0) is 31.5 Å². The van der Waals surface area contributed by atoms with E-state index in [4.69, 9.17) is 11.6 Å². The van der Waals surface area contributed by atoms with Crippen molar-refractivity contribution in [3.8, 4) is 0 Å². The van der Waals surface area contributed by atoms with Crippen molar-refractivity contribution >= 4 is 29.9 Å². The lowest BCUT2D eigenvalue weighted by molar-refractivity contribution is 0.0709. The number of nitrogens with one attached hydrogen (secondary N) is 1. The summed E-state index contributed by atoms with van der Waals surface area (Å²) < 4.78 is 0. The molecule has 0 aliphatic carbocycles. The predicted octanol–water partition coefficient (Wildman–Crippen LogP) is 2.50. The van der Waals surface area contributed by atoms with Gasteiger partial charge in [-0.15, -0.1) is 12.4 Å². The molecule has 0 spiro atoms. The maximum atomic E-state index is 12.3. The fourth-order valence-corrected chi connectivity index (χ4v) is 2.40. The van der Waals surface area contributed by atoms with E-state index in [1.807, 2.05) is 30.0 Å². The molecular weight excluding hydrogens is 271 g/mol. The Balaban J connectivity index is 0.00000162. The second-order valence-electron chi connectivity index (χ2n) is 4.59. The van der Waals surface area contributed by atoms with Gasteiger partial charge in [-0.25, -0.2) is 0 Å². The molecule has 100 valence electrons. The molecule has 1 saturated heterocycles. The molecule has 1 aromatic rings. The molecule has 0 saturated carbocycles. The molecule has 3 nitrogen and oxygen atoms in total. The number of carbonyl (C=O) groups excluding carboxylic acids is 1. The van der Waals surface area contributed by atoms with Crippen LogP contribution in [0.1, 0.15) is 22.8 Å². The van der Waals surface area contributed by atoms with Crippen LogP contribution >= 0.6 is 24.0 Å². The van der Waals surface area contributed by atoms with Gasteiger partial charge in [0, 0.05) is 25.7 Å². The first-order valence-corrected chi connectivity index (χ1v) is 6.24. The number of piperazine rings is 1. The van der Waals surface area contributed by atoms with Crippen LogP contribution in [0.25, 0.3) is 0 Å². The average molecular weight is 289 g/mol. The quantitative estimate of drug-likeness (QED) is 0.861. The molecular formula is C13H18Cl2N2O. The van der Waals surface area contributed by atoms with Crippen LogP contribution in [0.2, 0.25) is 5.02 Å². The zero-order valence-electron chi connectivity index (χ0n) is 10.6. The lowest BCUT2D eigenvalue weighted by Gasteiger charge is -2.32. The number of amides is 1. The zero-order chi connectivity index (χ0) is 12.4. The maximum Gasteiger partial charge on any atom is 0.255 e. The van der Waals surface area contributed by atoms with Gasteiger partial charge in [-0.1, -0.05) is 17.7 Å². The smallest absolute Gasteiger partial charge is 0.255 e. The van der Waals surface area contributed by atoms with E-state index in [1.165, 1.54) is 0 Å². The fraction of sp³-hybridized carbons (Fsp3) is 0.462. The highest BCUT2D eigenvalue weighted by Crippen LogP contribution is 2.19. The molecule has 1 aliphatic rings. The van der Waals surface area contributed by atoms with E-state index >= 15 is 0 Å². The van der Waals surface area contributed by atoms with Crippen LogP contribution in [-0.4, -0.2) is 36.5 Å². The molecule has 1 heterocycles. The lowest BCUT2D eigenvalue weighted by atomic mass is 10.1. The van der Waals surface area contributed by atoms with Gasteiger partial charge in [-0.2, -0.15) is 0 Å². The summed E-state index contributed by atoms with van der Waals surface area (Å²) in [7, 11) is 0. The minimum absolute atomic E-state index is 0. The van der Waals surface area contributed by atoms with E-state index in [1.54, 1.807) is 0 Å². The highest BCUT2D eigenvalue weighted by Gasteiger charge is 2.22. The van der Waals surface area contributed by atoms with Crippen molar-refractivity contribution < 1.29 is 4.79 Å². The van der Waals surface area contributed by atoms with Crippen molar-refractivity contribution in [2.45, 2.75) is 19.9 Å². The van der Waals surface area contributed by atoms with Crippen molar-refractivity contribution in [2.75, 3.05) is 19.6 Å². The Labute approximate surface area is 119 Å². The van der Waals surface area contributed by atoms with E-state index in [2.05, 4.69) is 12.2 Å². The van der Waals surface area contributed by atoms with Crippen molar-refractivity contribution in [3.05, 3.63) is 34.3 Å². The van der Waals surface area contributed by atoms with Gasteiger partial charge in [0.1, 0.15) is 0 Å². The summed E-state index contributed by atoms with van der Waals surface area (Å²) in [5.41, 5.74) is 1.67. The molecule has 5 heteroatoms. The van der Waals surface area contributed by atoms with Crippen molar-refractivity contribution in [1.82, 2.24) is 10.2 Å². The van der Waals surface area contributed by atoms with Crippen LogP contribution in [0.3, 0.4) is 0 Å². The summed E-state index contributed by atoms with van der Waals surface area (Å²) in [5, 5.41) is 3.86. The van der Waals surface area contributed by atoms with Crippen LogP contribution in [0, 0.1) is 6.92 Å². The van der Waals surface area contributed by atoms with Gasteiger partial charge < -0.3 is 10.2 Å². The third kappa shape index (κ3) is 3.37. The van der Waals surface area contributed by atoms with Crippen molar-refractivity contribution in [2.24, 2.45) is 0 Å². The van der Waals surface area contributed by atoms with Crippen LogP contribution in [0.4, 0.5) is 0 Å². The normalized spacial score (nSPS) is 19.3. The maximum absolute atomic E-state index is 12.3. The fourth-order valence-electron chi connectivity index (χ4n) is 2.08. The van der Waals surface area contributed by atoms with E-state index < -0.39 is 0 Å². The molecule has 1 N–H and O–H groups in total. The van der Waals surface area contributed by atoms with Crippen LogP contribution in [0.5, 0.6) is 0 Å². The van der Waals surface area contributed by atoms with Gasteiger partial charge in [-0.3, -0.25) is 4.79 Å². The molecule has 1 fully saturated rings. The summed E-state index contributed by atoms with van der Waals surface area (Å²) >= 11 is 6.12. The molecule has 0 radical (unpaired) electrons. The Morgan fingerprint density at radius 2 is 2.22 bits per heavy atom. The Kier molecular flexibility index (Phi) is 5.45. The Morgan fingerprint density at radius 3 is 2.83 bits per heavy atom.